The molecule has 0 fully saturated rings. The normalized spacial score (nSPS) is 16.2. The van der Waals surface area contributed by atoms with Gasteiger partial charge in [-0.25, -0.2) is 9.97 Å². The van der Waals surface area contributed by atoms with Crippen molar-refractivity contribution in [2.75, 3.05) is 18.0 Å². The number of anilines is 1. The summed E-state index contributed by atoms with van der Waals surface area (Å²) in [6, 6.07) is 0. The zero-order valence-electron chi connectivity index (χ0n) is 9.48. The number of hydrogen-bond donors (Lipinski definition) is 0. The zero-order valence-corrected chi connectivity index (χ0v) is 12.6. The first-order valence-electron chi connectivity index (χ1n) is 4.96. The maximum Gasteiger partial charge on any atom is 1.00 e. The van der Waals surface area contributed by atoms with Gasteiger partial charge in [-0.1, -0.05) is 6.08 Å². The summed E-state index contributed by atoms with van der Waals surface area (Å²) in [6.45, 7) is -4.19. The molecule has 0 amide bonds. The van der Waals surface area contributed by atoms with Crippen molar-refractivity contribution < 1.29 is 64.3 Å². The third-order valence-electron chi connectivity index (χ3n) is 2.58. The van der Waals surface area contributed by atoms with E-state index in [1.165, 1.54) is 12.4 Å². The van der Waals surface area contributed by atoms with Crippen LogP contribution in [-0.4, -0.2) is 30.0 Å². The Bertz CT molecular complexity index is 396. The van der Waals surface area contributed by atoms with Crippen LogP contribution in [0, 0.1) is 0 Å². The molecule has 0 bridgehead atoms. The molecule has 3 nitrogen and oxygen atoms in total. The molecule has 0 spiro atoms. The van der Waals surface area contributed by atoms with Gasteiger partial charge in [-0.2, -0.15) is 0 Å². The summed E-state index contributed by atoms with van der Waals surface area (Å²) >= 11 is 0. The van der Waals surface area contributed by atoms with Crippen molar-refractivity contribution >= 4 is 12.7 Å². The van der Waals surface area contributed by atoms with Gasteiger partial charge in [0, 0.05) is 13.1 Å². The Kier molecular flexibility index (Phi) is 5.65. The summed E-state index contributed by atoms with van der Waals surface area (Å²) in [5.74, 6) is 0. The van der Waals surface area contributed by atoms with Gasteiger partial charge in [-0.15, -0.1) is 5.47 Å². The van der Waals surface area contributed by atoms with E-state index in [1.54, 1.807) is 12.4 Å². The Morgan fingerprint density at radius 1 is 1.18 bits per heavy atom. The van der Waals surface area contributed by atoms with Crippen LogP contribution in [0.1, 0.15) is 6.42 Å². The van der Waals surface area contributed by atoms with E-state index in [-0.39, 0.29) is 69.8 Å². The van der Waals surface area contributed by atoms with E-state index in [0.717, 1.165) is 5.69 Å². The molecular weight excluding hydrogens is 257 g/mol. The molecule has 86 valence electrons. The van der Waals surface area contributed by atoms with E-state index in [4.69, 9.17) is 0 Å². The number of aromatic nitrogens is 2. The van der Waals surface area contributed by atoms with Crippen LogP contribution in [0.4, 0.5) is 18.6 Å². The minimum atomic E-state index is -4.82. The van der Waals surface area contributed by atoms with Crippen LogP contribution in [0.15, 0.2) is 30.3 Å². The Morgan fingerprint density at radius 3 is 2.29 bits per heavy atom. The fourth-order valence-electron chi connectivity index (χ4n) is 1.67. The molecule has 0 unspecified atom stereocenters. The average Bonchev–Trinajstić information content (AvgIpc) is 2.29. The van der Waals surface area contributed by atoms with E-state index in [9.17, 15) is 12.9 Å². The van der Waals surface area contributed by atoms with Gasteiger partial charge in [0.25, 0.3) is 0 Å². The zero-order chi connectivity index (χ0) is 11.6. The van der Waals surface area contributed by atoms with Crippen LogP contribution in [0.25, 0.3) is 0 Å². The van der Waals surface area contributed by atoms with Gasteiger partial charge in [0.05, 0.1) is 18.1 Å². The molecule has 0 radical (unpaired) electrons. The van der Waals surface area contributed by atoms with Crippen LogP contribution in [0.5, 0.6) is 0 Å². The van der Waals surface area contributed by atoms with Crippen LogP contribution < -0.4 is 56.3 Å². The van der Waals surface area contributed by atoms with Gasteiger partial charge in [-0.05, 0) is 6.42 Å². The van der Waals surface area contributed by atoms with E-state index in [1.807, 2.05) is 4.90 Å². The van der Waals surface area contributed by atoms with Crippen LogP contribution >= 0.6 is 0 Å². The minimum Gasteiger partial charge on any atom is -0.445 e. The number of halogens is 3. The number of rotatable bonds is 2. The van der Waals surface area contributed by atoms with Crippen LogP contribution in [0.2, 0.25) is 0 Å². The summed E-state index contributed by atoms with van der Waals surface area (Å²) < 4.78 is 37.3. The first kappa shape index (κ1) is 15.2. The maximum absolute atomic E-state index is 12.4. The largest absolute Gasteiger partial charge is 1.00 e. The predicted octanol–water partition coefficient (Wildman–Crippen LogP) is -0.996. The molecule has 1 aromatic rings. The van der Waals surface area contributed by atoms with Crippen molar-refractivity contribution in [2.24, 2.45) is 0 Å². The molecule has 0 saturated heterocycles. The summed E-state index contributed by atoms with van der Waals surface area (Å²) in [7, 11) is 0. The number of hydrogen-bond acceptors (Lipinski definition) is 3. The number of nitrogens with zero attached hydrogens (tertiary/aromatic N) is 3. The first-order valence-corrected chi connectivity index (χ1v) is 4.96. The third-order valence-corrected chi connectivity index (χ3v) is 2.58. The Balaban J connectivity index is 0.00000144. The van der Waals surface area contributed by atoms with Crippen molar-refractivity contribution in [3.05, 3.63) is 30.3 Å². The minimum absolute atomic E-state index is 0. The molecule has 8 heteroatoms. The van der Waals surface area contributed by atoms with Gasteiger partial charge in [0.15, 0.2) is 0 Å². The van der Waals surface area contributed by atoms with Crippen molar-refractivity contribution in [3.8, 4) is 0 Å². The predicted molar refractivity (Wildman–Crippen MR) is 56.0 cm³/mol. The summed E-state index contributed by atoms with van der Waals surface area (Å²) in [6.07, 6.45) is 5.89. The van der Waals surface area contributed by atoms with Crippen molar-refractivity contribution in [1.82, 2.24) is 9.97 Å². The first-order chi connectivity index (χ1) is 7.57. The molecule has 0 atom stereocenters. The molecule has 0 saturated carbocycles. The smallest absolute Gasteiger partial charge is 0.445 e. The van der Waals surface area contributed by atoms with Crippen molar-refractivity contribution in [2.45, 2.75) is 6.42 Å². The van der Waals surface area contributed by atoms with Gasteiger partial charge < -0.3 is 17.8 Å². The second-order valence-corrected chi connectivity index (χ2v) is 3.65. The standard InChI is InChI=1S/C9H10BF3N3.K/c11-10(12,13)8-1-3-16(4-2-8)9-5-14-7-15-6-9;/h1,5-7H,2-4H2;/q-1;+1. The molecule has 0 aromatic carbocycles. The van der Waals surface area contributed by atoms with E-state index in [0.29, 0.717) is 6.54 Å². The van der Waals surface area contributed by atoms with E-state index < -0.39 is 6.98 Å². The quantitative estimate of drug-likeness (QED) is 0.644. The van der Waals surface area contributed by atoms with Gasteiger partial charge in [-0.3, -0.25) is 0 Å². The summed E-state index contributed by atoms with van der Waals surface area (Å²) in [5, 5.41) is 0. The Labute approximate surface area is 140 Å². The topological polar surface area (TPSA) is 29.0 Å². The second-order valence-electron chi connectivity index (χ2n) is 3.65. The second kappa shape index (κ2) is 6.33. The molecule has 1 aromatic heterocycles. The molecule has 1 aliphatic rings. The monoisotopic (exact) mass is 267 g/mol. The third kappa shape index (κ3) is 4.06. The molecule has 0 aliphatic carbocycles. The summed E-state index contributed by atoms with van der Waals surface area (Å²) in [5.41, 5.74) is 0.376. The fourth-order valence-corrected chi connectivity index (χ4v) is 1.67. The van der Waals surface area contributed by atoms with Crippen molar-refractivity contribution in [1.29, 1.82) is 0 Å². The van der Waals surface area contributed by atoms with E-state index >= 15 is 0 Å². The summed E-state index contributed by atoms with van der Waals surface area (Å²) in [4.78, 5) is 9.50. The molecule has 2 heterocycles. The SMILES string of the molecule is F[B-](F)(F)C1=CCN(c2cncnc2)CC1.[K+]. The van der Waals surface area contributed by atoms with Crippen molar-refractivity contribution in [3.63, 3.8) is 0 Å². The Hall–Kier alpha value is 0.111. The molecule has 1 aliphatic heterocycles. The molecular formula is C9H10BF3KN3. The van der Waals surface area contributed by atoms with E-state index in [2.05, 4.69) is 9.97 Å². The molecule has 17 heavy (non-hydrogen) atoms. The Morgan fingerprint density at radius 2 is 1.82 bits per heavy atom. The van der Waals surface area contributed by atoms with Crippen LogP contribution in [0.3, 0.4) is 0 Å². The van der Waals surface area contributed by atoms with Crippen LogP contribution in [-0.2, 0) is 0 Å². The van der Waals surface area contributed by atoms with Gasteiger partial charge in [0.1, 0.15) is 6.33 Å². The maximum atomic E-state index is 12.4. The van der Waals surface area contributed by atoms with Gasteiger partial charge in [0.2, 0.25) is 0 Å². The fraction of sp³-hybridized carbons (Fsp3) is 0.333. The average molecular weight is 267 g/mol. The molecule has 2 rings (SSSR count). The molecule has 0 N–H and O–H groups in total. The van der Waals surface area contributed by atoms with Gasteiger partial charge >= 0.3 is 58.4 Å².